The van der Waals surface area contributed by atoms with Crippen molar-refractivity contribution in [3.63, 3.8) is 0 Å². The van der Waals surface area contributed by atoms with Gasteiger partial charge in [0.1, 0.15) is 0 Å². The summed E-state index contributed by atoms with van der Waals surface area (Å²) in [6.45, 7) is 3.46. The molecule has 20 heavy (non-hydrogen) atoms. The summed E-state index contributed by atoms with van der Waals surface area (Å²) in [6.07, 6.45) is 1.79. The van der Waals surface area contributed by atoms with E-state index in [2.05, 4.69) is 4.74 Å². The maximum atomic E-state index is 12.2. The summed E-state index contributed by atoms with van der Waals surface area (Å²) in [5, 5.41) is 1.22. The quantitative estimate of drug-likeness (QED) is 0.786. The maximum Gasteiger partial charge on any atom is 0.337 e. The fourth-order valence-electron chi connectivity index (χ4n) is 2.11. The van der Waals surface area contributed by atoms with Gasteiger partial charge in [-0.25, -0.2) is 17.5 Å². The van der Waals surface area contributed by atoms with Crippen LogP contribution < -0.4 is 4.31 Å². The molecule has 0 saturated heterocycles. The third-order valence-electron chi connectivity index (χ3n) is 2.87. The Morgan fingerprint density at radius 2 is 1.75 bits per heavy atom. The van der Waals surface area contributed by atoms with E-state index >= 15 is 0 Å². The van der Waals surface area contributed by atoms with Crippen molar-refractivity contribution < 1.29 is 17.9 Å². The van der Waals surface area contributed by atoms with Gasteiger partial charge >= 0.3 is 5.97 Å². The molecule has 1 heterocycles. The molecular formula is C14H15NO4S. The van der Waals surface area contributed by atoms with Gasteiger partial charge in [0.05, 0.1) is 23.8 Å². The molecule has 0 saturated carbocycles. The highest BCUT2D eigenvalue weighted by Gasteiger charge is 2.25. The average molecular weight is 293 g/mol. The van der Waals surface area contributed by atoms with Gasteiger partial charge in [0.15, 0.2) is 0 Å². The minimum atomic E-state index is -3.53. The second-order valence-corrected chi connectivity index (χ2v) is 6.13. The fraction of sp³-hybridized carbons (Fsp3) is 0.214. The summed E-state index contributed by atoms with van der Waals surface area (Å²) in [6, 6.07) is 6.23. The number of allylic oxidation sites excluding steroid dienone is 3. The minimum Gasteiger partial charge on any atom is -0.465 e. The average Bonchev–Trinajstić information content (AvgIpc) is 2.36. The molecular weight excluding hydrogens is 278 g/mol. The van der Waals surface area contributed by atoms with Crippen LogP contribution in [-0.4, -0.2) is 21.5 Å². The number of carbonyl (C=O) groups is 1. The first-order valence-electron chi connectivity index (χ1n) is 5.95. The number of rotatable bonds is 2. The Balaban J connectivity index is 2.42. The Morgan fingerprint density at radius 3 is 2.25 bits per heavy atom. The van der Waals surface area contributed by atoms with Crippen LogP contribution in [-0.2, 0) is 14.8 Å². The Kier molecular flexibility index (Phi) is 3.67. The lowest BCUT2D eigenvalue weighted by molar-refractivity contribution is 0.0601. The van der Waals surface area contributed by atoms with E-state index in [9.17, 15) is 13.2 Å². The second-order valence-electron chi connectivity index (χ2n) is 4.50. The SMILES string of the molecule is COC(=O)c1ccc(N2C(C)=CC(C)=CS2(=O)=O)cc1. The zero-order valence-corrected chi connectivity index (χ0v) is 12.3. The number of esters is 1. The van der Waals surface area contributed by atoms with Gasteiger partial charge in [0.2, 0.25) is 0 Å². The van der Waals surface area contributed by atoms with Gasteiger partial charge in [-0.3, -0.25) is 0 Å². The van der Waals surface area contributed by atoms with Gasteiger partial charge in [-0.1, -0.05) is 0 Å². The van der Waals surface area contributed by atoms with Crippen molar-refractivity contribution in [2.24, 2.45) is 0 Å². The second kappa shape index (κ2) is 5.13. The topological polar surface area (TPSA) is 63.7 Å². The standard InChI is InChI=1S/C14H15NO4S/c1-10-8-11(2)15(20(17,18)9-10)13-6-4-12(5-7-13)14(16)19-3/h4-9H,1-3H3. The molecule has 0 fully saturated rings. The first-order chi connectivity index (χ1) is 9.35. The molecule has 5 nitrogen and oxygen atoms in total. The number of sulfonamides is 1. The zero-order valence-electron chi connectivity index (χ0n) is 11.5. The van der Waals surface area contributed by atoms with Crippen LogP contribution in [0, 0.1) is 0 Å². The molecule has 0 aliphatic carbocycles. The Labute approximate surface area is 118 Å². The van der Waals surface area contributed by atoms with E-state index in [0.29, 0.717) is 22.5 Å². The maximum absolute atomic E-state index is 12.2. The van der Waals surface area contributed by atoms with Gasteiger partial charge in [-0.05, 0) is 49.8 Å². The minimum absolute atomic E-state index is 0.374. The lowest BCUT2D eigenvalue weighted by Crippen LogP contribution is -2.29. The number of nitrogens with zero attached hydrogens (tertiary/aromatic N) is 1. The van der Waals surface area contributed by atoms with Crippen LogP contribution in [0.2, 0.25) is 0 Å². The largest absolute Gasteiger partial charge is 0.465 e. The van der Waals surface area contributed by atoms with E-state index in [4.69, 9.17) is 0 Å². The molecule has 0 spiro atoms. The number of ether oxygens (including phenoxy) is 1. The van der Waals surface area contributed by atoms with Crippen LogP contribution in [0.5, 0.6) is 0 Å². The molecule has 2 rings (SSSR count). The highest BCUT2D eigenvalue weighted by Crippen LogP contribution is 2.28. The predicted octanol–water partition coefficient (Wildman–Crippen LogP) is 2.43. The molecule has 6 heteroatoms. The number of hydrogen-bond acceptors (Lipinski definition) is 4. The summed E-state index contributed by atoms with van der Waals surface area (Å²) in [7, 11) is -2.23. The number of hydrogen-bond donors (Lipinski definition) is 0. The third kappa shape index (κ3) is 2.60. The van der Waals surface area contributed by atoms with Gasteiger partial charge < -0.3 is 4.74 Å². The van der Waals surface area contributed by atoms with E-state index in [0.717, 1.165) is 0 Å². The van der Waals surface area contributed by atoms with Crippen LogP contribution in [0.25, 0.3) is 0 Å². The third-order valence-corrected chi connectivity index (χ3v) is 4.55. The molecule has 0 radical (unpaired) electrons. The number of benzene rings is 1. The smallest absolute Gasteiger partial charge is 0.337 e. The molecule has 1 aromatic carbocycles. The molecule has 0 atom stereocenters. The summed E-state index contributed by atoms with van der Waals surface area (Å²) >= 11 is 0. The number of carbonyl (C=O) groups excluding carboxylic acids is 1. The Morgan fingerprint density at radius 1 is 1.15 bits per heavy atom. The Bertz CT molecular complexity index is 699. The van der Waals surface area contributed by atoms with Crippen molar-refractivity contribution in [2.75, 3.05) is 11.4 Å². The lowest BCUT2D eigenvalue weighted by atomic mass is 10.2. The van der Waals surface area contributed by atoms with E-state index < -0.39 is 16.0 Å². The summed E-state index contributed by atoms with van der Waals surface area (Å²) in [5.41, 5.74) is 2.15. The molecule has 0 unspecified atom stereocenters. The molecule has 1 aliphatic rings. The summed E-state index contributed by atoms with van der Waals surface area (Å²) in [5.74, 6) is -0.457. The molecule has 1 aromatic rings. The van der Waals surface area contributed by atoms with Gasteiger partial charge in [-0.15, -0.1) is 0 Å². The van der Waals surface area contributed by atoms with Crippen LogP contribution in [0.3, 0.4) is 0 Å². The zero-order chi connectivity index (χ0) is 14.9. The van der Waals surface area contributed by atoms with Crippen LogP contribution in [0.15, 0.2) is 47.0 Å². The van der Waals surface area contributed by atoms with E-state index in [1.807, 2.05) is 0 Å². The van der Waals surface area contributed by atoms with Crippen molar-refractivity contribution in [1.29, 1.82) is 0 Å². The van der Waals surface area contributed by atoms with E-state index in [-0.39, 0.29) is 0 Å². The van der Waals surface area contributed by atoms with Gasteiger partial charge in [0.25, 0.3) is 10.0 Å². The monoisotopic (exact) mass is 293 g/mol. The number of methoxy groups -OCH3 is 1. The van der Waals surface area contributed by atoms with Crippen molar-refractivity contribution in [1.82, 2.24) is 0 Å². The van der Waals surface area contributed by atoms with Crippen molar-refractivity contribution in [3.05, 3.63) is 52.6 Å². The van der Waals surface area contributed by atoms with Crippen molar-refractivity contribution >= 4 is 21.7 Å². The number of anilines is 1. The van der Waals surface area contributed by atoms with Crippen LogP contribution in [0.1, 0.15) is 24.2 Å². The van der Waals surface area contributed by atoms with Crippen molar-refractivity contribution in [2.45, 2.75) is 13.8 Å². The summed E-state index contributed by atoms with van der Waals surface area (Å²) < 4.78 is 30.2. The van der Waals surface area contributed by atoms with Gasteiger partial charge in [0, 0.05) is 5.70 Å². The van der Waals surface area contributed by atoms with E-state index in [1.54, 1.807) is 32.1 Å². The molecule has 0 bridgehead atoms. The molecule has 0 aromatic heterocycles. The summed E-state index contributed by atoms with van der Waals surface area (Å²) in [4.78, 5) is 11.4. The molecule has 1 aliphatic heterocycles. The Hall–Kier alpha value is -2.08. The predicted molar refractivity (Wildman–Crippen MR) is 76.7 cm³/mol. The van der Waals surface area contributed by atoms with Crippen LogP contribution >= 0.6 is 0 Å². The first-order valence-corrected chi connectivity index (χ1v) is 7.46. The van der Waals surface area contributed by atoms with Gasteiger partial charge in [-0.2, -0.15) is 0 Å². The highest BCUT2D eigenvalue weighted by molar-refractivity contribution is 7.95. The normalized spacial score (nSPS) is 17.2. The molecule has 0 amide bonds. The highest BCUT2D eigenvalue weighted by atomic mass is 32.2. The fourth-order valence-corrected chi connectivity index (χ4v) is 3.62. The first kappa shape index (κ1) is 14.3. The van der Waals surface area contributed by atoms with Crippen molar-refractivity contribution in [3.8, 4) is 0 Å². The van der Waals surface area contributed by atoms with E-state index in [1.165, 1.54) is 29.0 Å². The van der Waals surface area contributed by atoms with Crippen LogP contribution in [0.4, 0.5) is 5.69 Å². The molecule has 106 valence electrons. The lowest BCUT2D eigenvalue weighted by Gasteiger charge is -2.26. The molecule has 0 N–H and O–H groups in total.